The molecule has 2 heterocycles. The largest absolute Gasteiger partial charge is 0.379 e. The van der Waals surface area contributed by atoms with E-state index < -0.39 is 16.1 Å². The number of hydrogen-bond donors (Lipinski definition) is 0. The lowest BCUT2D eigenvalue weighted by Gasteiger charge is -2.24. The number of thioether (sulfide) groups is 1. The Kier molecular flexibility index (Phi) is 7.16. The van der Waals surface area contributed by atoms with Gasteiger partial charge in [-0.15, -0.1) is 4.40 Å². The Morgan fingerprint density at radius 3 is 2.53 bits per heavy atom. The maximum atomic E-state index is 14.7. The van der Waals surface area contributed by atoms with Gasteiger partial charge in [-0.2, -0.15) is 17.8 Å². The Morgan fingerprint density at radius 1 is 1.19 bits per heavy atom. The van der Waals surface area contributed by atoms with Crippen LogP contribution in [0.2, 0.25) is 5.02 Å². The van der Waals surface area contributed by atoms with Crippen molar-refractivity contribution in [3.8, 4) is 0 Å². The van der Waals surface area contributed by atoms with Crippen molar-refractivity contribution in [3.63, 3.8) is 0 Å². The van der Waals surface area contributed by atoms with Gasteiger partial charge in [-0.1, -0.05) is 53.7 Å². The predicted octanol–water partition coefficient (Wildman–Crippen LogP) is 3.58. The molecule has 0 N–H and O–H groups in total. The molecule has 1 fully saturated rings. The summed E-state index contributed by atoms with van der Waals surface area (Å²) in [5.74, 6) is -0.745. The molecule has 2 aromatic rings. The second kappa shape index (κ2) is 9.88. The van der Waals surface area contributed by atoms with Crippen LogP contribution >= 0.6 is 23.4 Å². The third-order valence-electron chi connectivity index (χ3n) is 5.23. The van der Waals surface area contributed by atoms with Gasteiger partial charge in [0.25, 0.3) is 0 Å². The zero-order valence-electron chi connectivity index (χ0n) is 17.3. The van der Waals surface area contributed by atoms with Crippen LogP contribution in [0.4, 0.5) is 4.39 Å². The average molecular weight is 497 g/mol. The first kappa shape index (κ1) is 23.2. The molecule has 0 radical (unpaired) electrons. The summed E-state index contributed by atoms with van der Waals surface area (Å²) in [7, 11) is -3.89. The lowest BCUT2D eigenvalue weighted by Crippen LogP contribution is -2.40. The molecule has 2 aliphatic heterocycles. The summed E-state index contributed by atoms with van der Waals surface area (Å²) in [6.45, 7) is 1.44. The zero-order valence-corrected chi connectivity index (χ0v) is 19.7. The predicted molar refractivity (Wildman–Crippen MR) is 126 cm³/mol. The molecule has 1 saturated heterocycles. The molecule has 32 heavy (non-hydrogen) atoms. The third kappa shape index (κ3) is 4.99. The summed E-state index contributed by atoms with van der Waals surface area (Å²) >= 11 is 7.21. The summed E-state index contributed by atoms with van der Waals surface area (Å²) in [4.78, 5) is 0. The Labute approximate surface area is 196 Å². The SMILES string of the molecule is CSC(=NS(=O)(=O)N1CCOCC1)N1CC(c2ccccc2F)C(c2ccc(Cl)cc2)=N1. The van der Waals surface area contributed by atoms with E-state index in [4.69, 9.17) is 16.3 Å². The molecule has 0 aliphatic carbocycles. The van der Waals surface area contributed by atoms with Gasteiger partial charge in [0.15, 0.2) is 5.17 Å². The van der Waals surface area contributed by atoms with E-state index in [0.29, 0.717) is 29.5 Å². The van der Waals surface area contributed by atoms with Gasteiger partial charge in [0.2, 0.25) is 0 Å². The highest BCUT2D eigenvalue weighted by molar-refractivity contribution is 8.13. The van der Waals surface area contributed by atoms with E-state index in [-0.39, 0.29) is 30.6 Å². The number of hydrogen-bond acceptors (Lipinski definition) is 5. The Morgan fingerprint density at radius 2 is 1.88 bits per heavy atom. The van der Waals surface area contributed by atoms with Gasteiger partial charge in [0, 0.05) is 18.1 Å². The summed E-state index contributed by atoms with van der Waals surface area (Å²) < 4.78 is 50.9. The lowest BCUT2D eigenvalue weighted by atomic mass is 9.90. The van der Waals surface area contributed by atoms with Crippen LogP contribution in [0.3, 0.4) is 0 Å². The standard InChI is InChI=1S/C21H22ClFN4O3S2/c1-31-21(25-32(28,29)26-10-12-30-13-11-26)27-14-18(17-4-2-3-5-19(17)23)20(24-27)15-6-8-16(22)9-7-15/h2-9,18H,10-14H2,1H3. The van der Waals surface area contributed by atoms with Gasteiger partial charge >= 0.3 is 10.2 Å². The fraction of sp³-hybridized carbons (Fsp3) is 0.333. The third-order valence-corrected chi connectivity index (χ3v) is 7.68. The number of nitrogens with zero attached hydrogens (tertiary/aromatic N) is 4. The molecule has 2 aromatic carbocycles. The van der Waals surface area contributed by atoms with E-state index in [1.54, 1.807) is 36.6 Å². The van der Waals surface area contributed by atoms with Crippen molar-refractivity contribution in [1.82, 2.24) is 9.31 Å². The molecular formula is C21H22ClFN4O3S2. The van der Waals surface area contributed by atoms with Gasteiger partial charge in [-0.05, 0) is 35.6 Å². The van der Waals surface area contributed by atoms with E-state index in [0.717, 1.165) is 5.56 Å². The summed E-state index contributed by atoms with van der Waals surface area (Å²) in [6.07, 6.45) is 1.74. The smallest absolute Gasteiger partial charge is 0.324 e. The first-order chi connectivity index (χ1) is 15.4. The van der Waals surface area contributed by atoms with Gasteiger partial charge in [0.1, 0.15) is 5.82 Å². The van der Waals surface area contributed by atoms with Crippen LogP contribution in [0.15, 0.2) is 58.0 Å². The van der Waals surface area contributed by atoms with Gasteiger partial charge in [0.05, 0.1) is 31.4 Å². The van der Waals surface area contributed by atoms with Crippen molar-refractivity contribution in [2.45, 2.75) is 5.92 Å². The number of hydrazone groups is 1. The summed E-state index contributed by atoms with van der Waals surface area (Å²) in [5, 5.41) is 7.00. The van der Waals surface area contributed by atoms with Crippen molar-refractivity contribution in [1.29, 1.82) is 0 Å². The lowest BCUT2D eigenvalue weighted by molar-refractivity contribution is 0.0730. The zero-order chi connectivity index (χ0) is 22.7. The van der Waals surface area contributed by atoms with Crippen LogP contribution in [0.25, 0.3) is 0 Å². The van der Waals surface area contributed by atoms with Gasteiger partial charge in [-0.25, -0.2) is 9.40 Å². The molecule has 0 amide bonds. The molecule has 170 valence electrons. The maximum absolute atomic E-state index is 14.7. The normalized spacial score (nSPS) is 20.5. The Hall–Kier alpha value is -1.98. The minimum absolute atomic E-state index is 0.224. The highest BCUT2D eigenvalue weighted by Gasteiger charge is 2.34. The molecule has 0 aromatic heterocycles. The molecule has 2 aliphatic rings. The van der Waals surface area contributed by atoms with Crippen molar-refractivity contribution >= 4 is 44.5 Å². The van der Waals surface area contributed by atoms with E-state index >= 15 is 0 Å². The van der Waals surface area contributed by atoms with Gasteiger partial charge < -0.3 is 4.74 Å². The van der Waals surface area contributed by atoms with Crippen LogP contribution < -0.4 is 0 Å². The number of ether oxygens (including phenoxy) is 1. The molecular weight excluding hydrogens is 475 g/mol. The first-order valence-corrected chi connectivity index (χ1v) is 13.0. The Balaban J connectivity index is 1.71. The number of morpholine rings is 1. The van der Waals surface area contributed by atoms with Crippen molar-refractivity contribution in [2.75, 3.05) is 39.1 Å². The summed E-state index contributed by atoms with van der Waals surface area (Å²) in [5.41, 5.74) is 1.89. The van der Waals surface area contributed by atoms with E-state index in [1.807, 2.05) is 12.1 Å². The second-order valence-corrected chi connectivity index (χ2v) is 10.0. The van der Waals surface area contributed by atoms with Crippen molar-refractivity contribution in [3.05, 3.63) is 70.5 Å². The average Bonchev–Trinajstić information content (AvgIpc) is 3.24. The van der Waals surface area contributed by atoms with Crippen LogP contribution in [-0.2, 0) is 14.9 Å². The van der Waals surface area contributed by atoms with Crippen LogP contribution in [0.1, 0.15) is 17.0 Å². The topological polar surface area (TPSA) is 74.6 Å². The number of rotatable bonds is 4. The number of benzene rings is 2. The van der Waals surface area contributed by atoms with Crippen LogP contribution in [0, 0.1) is 5.82 Å². The second-order valence-electron chi connectivity index (χ2n) is 7.22. The van der Waals surface area contributed by atoms with E-state index in [1.165, 1.54) is 27.1 Å². The monoisotopic (exact) mass is 496 g/mol. The molecule has 0 bridgehead atoms. The fourth-order valence-electron chi connectivity index (χ4n) is 3.63. The number of halogens is 2. The maximum Gasteiger partial charge on any atom is 0.324 e. The fourth-order valence-corrected chi connectivity index (χ4v) is 5.68. The molecule has 0 saturated carbocycles. The minimum atomic E-state index is -3.89. The van der Waals surface area contributed by atoms with Crippen LogP contribution in [-0.4, -0.2) is 67.7 Å². The highest BCUT2D eigenvalue weighted by atomic mass is 35.5. The molecule has 11 heteroatoms. The molecule has 0 spiro atoms. The highest BCUT2D eigenvalue weighted by Crippen LogP contribution is 2.32. The Bertz CT molecular complexity index is 1140. The van der Waals surface area contributed by atoms with E-state index in [2.05, 4.69) is 9.50 Å². The summed E-state index contributed by atoms with van der Waals surface area (Å²) in [6, 6.07) is 13.7. The van der Waals surface area contributed by atoms with Crippen molar-refractivity contribution < 1.29 is 17.5 Å². The van der Waals surface area contributed by atoms with E-state index in [9.17, 15) is 12.8 Å². The van der Waals surface area contributed by atoms with Gasteiger partial charge in [-0.3, -0.25) is 0 Å². The first-order valence-electron chi connectivity index (χ1n) is 9.97. The minimum Gasteiger partial charge on any atom is -0.379 e. The molecule has 4 rings (SSSR count). The molecule has 1 atom stereocenters. The van der Waals surface area contributed by atoms with Crippen LogP contribution in [0.5, 0.6) is 0 Å². The van der Waals surface area contributed by atoms with Crippen molar-refractivity contribution in [2.24, 2.45) is 9.50 Å². The quantitative estimate of drug-likeness (QED) is 0.478. The number of amidine groups is 1. The molecule has 1 unspecified atom stereocenters. The molecule has 7 nitrogen and oxygen atoms in total.